The summed E-state index contributed by atoms with van der Waals surface area (Å²) in [6.45, 7) is 4.38. The van der Waals surface area contributed by atoms with Crippen molar-refractivity contribution in [2.75, 3.05) is 13.2 Å². The Morgan fingerprint density at radius 2 is 1.82 bits per heavy atom. The molecule has 3 aromatic rings. The molecular weight excluding hydrogens is 352 g/mol. The van der Waals surface area contributed by atoms with Gasteiger partial charge in [-0.1, -0.05) is 41.6 Å². The molecule has 0 aromatic heterocycles. The molecule has 0 aliphatic carbocycles. The van der Waals surface area contributed by atoms with E-state index in [0.29, 0.717) is 6.61 Å². The Kier molecular flexibility index (Phi) is 6.63. The van der Waals surface area contributed by atoms with Gasteiger partial charge in [-0.2, -0.15) is 0 Å². The molecule has 28 heavy (non-hydrogen) atoms. The summed E-state index contributed by atoms with van der Waals surface area (Å²) in [4.78, 5) is 17.2. The fraction of sp³-hybridized carbons (Fsp3) is 0.217. The fourth-order valence-electron chi connectivity index (χ4n) is 2.85. The van der Waals surface area contributed by atoms with Crippen LogP contribution in [0.25, 0.3) is 10.8 Å². The molecule has 0 bridgehead atoms. The van der Waals surface area contributed by atoms with E-state index in [4.69, 9.17) is 9.57 Å². The van der Waals surface area contributed by atoms with Crippen molar-refractivity contribution in [2.45, 2.75) is 19.9 Å². The minimum atomic E-state index is -0.218. The van der Waals surface area contributed by atoms with Crippen molar-refractivity contribution in [3.05, 3.63) is 77.9 Å². The summed E-state index contributed by atoms with van der Waals surface area (Å²) in [5.74, 6) is 0.590. The molecule has 0 saturated heterocycles. The fourth-order valence-corrected chi connectivity index (χ4v) is 2.85. The first-order valence-electron chi connectivity index (χ1n) is 9.32. The second-order valence-corrected chi connectivity index (χ2v) is 6.41. The molecule has 1 amide bonds. The van der Waals surface area contributed by atoms with Gasteiger partial charge in [-0.05, 0) is 66.1 Å². The van der Waals surface area contributed by atoms with E-state index in [0.717, 1.165) is 22.3 Å². The van der Waals surface area contributed by atoms with E-state index in [9.17, 15) is 4.79 Å². The molecule has 0 spiro atoms. The Hall–Kier alpha value is -3.34. The Balaban J connectivity index is 1.47. The SMILES string of the molecule is CCOc1ccc(/C=N\OCC(=O)N[C@H](C)c2ccc3ccccc3c2)cc1. The van der Waals surface area contributed by atoms with Gasteiger partial charge in [0.2, 0.25) is 0 Å². The highest BCUT2D eigenvalue weighted by Crippen LogP contribution is 2.20. The van der Waals surface area contributed by atoms with E-state index in [1.807, 2.05) is 56.3 Å². The topological polar surface area (TPSA) is 59.9 Å². The van der Waals surface area contributed by atoms with Crippen LogP contribution in [-0.4, -0.2) is 25.3 Å². The molecule has 0 fully saturated rings. The number of oxime groups is 1. The highest BCUT2D eigenvalue weighted by atomic mass is 16.6. The predicted molar refractivity (Wildman–Crippen MR) is 112 cm³/mol. The summed E-state index contributed by atoms with van der Waals surface area (Å²) >= 11 is 0. The quantitative estimate of drug-likeness (QED) is 0.466. The van der Waals surface area contributed by atoms with Crippen LogP contribution in [0.4, 0.5) is 0 Å². The van der Waals surface area contributed by atoms with Crippen LogP contribution in [0.1, 0.15) is 31.0 Å². The first-order valence-corrected chi connectivity index (χ1v) is 9.32. The average Bonchev–Trinajstić information content (AvgIpc) is 2.72. The Morgan fingerprint density at radius 3 is 2.57 bits per heavy atom. The molecule has 0 radical (unpaired) electrons. The third-order valence-electron chi connectivity index (χ3n) is 4.31. The van der Waals surface area contributed by atoms with Gasteiger partial charge in [-0.25, -0.2) is 0 Å². The molecule has 0 saturated carbocycles. The van der Waals surface area contributed by atoms with Gasteiger partial charge in [0, 0.05) is 0 Å². The third kappa shape index (κ3) is 5.33. The molecule has 3 aromatic carbocycles. The van der Waals surface area contributed by atoms with E-state index in [2.05, 4.69) is 34.7 Å². The minimum absolute atomic E-state index is 0.115. The van der Waals surface area contributed by atoms with Crippen LogP contribution in [0.3, 0.4) is 0 Å². The molecule has 0 unspecified atom stereocenters. The summed E-state index contributed by atoms with van der Waals surface area (Å²) in [5, 5.41) is 9.11. The maximum atomic E-state index is 12.1. The van der Waals surface area contributed by atoms with Crippen LogP contribution >= 0.6 is 0 Å². The molecule has 1 N–H and O–H groups in total. The van der Waals surface area contributed by atoms with E-state index in [1.165, 1.54) is 5.39 Å². The number of ether oxygens (including phenoxy) is 1. The van der Waals surface area contributed by atoms with Crippen LogP contribution in [-0.2, 0) is 9.63 Å². The van der Waals surface area contributed by atoms with Gasteiger partial charge >= 0.3 is 0 Å². The summed E-state index contributed by atoms with van der Waals surface area (Å²) in [6, 6.07) is 21.7. The lowest BCUT2D eigenvalue weighted by molar-refractivity contribution is -0.126. The zero-order valence-corrected chi connectivity index (χ0v) is 16.1. The molecule has 0 heterocycles. The summed E-state index contributed by atoms with van der Waals surface area (Å²) in [7, 11) is 0. The summed E-state index contributed by atoms with van der Waals surface area (Å²) in [6.07, 6.45) is 1.57. The summed E-state index contributed by atoms with van der Waals surface area (Å²) < 4.78 is 5.39. The van der Waals surface area contributed by atoms with Crippen molar-refractivity contribution in [3.8, 4) is 5.75 Å². The van der Waals surface area contributed by atoms with Crippen LogP contribution in [0.5, 0.6) is 5.75 Å². The zero-order chi connectivity index (χ0) is 19.8. The number of rotatable bonds is 8. The number of nitrogens with one attached hydrogen (secondary N) is 1. The first kappa shape index (κ1) is 19.4. The van der Waals surface area contributed by atoms with Crippen LogP contribution in [0.15, 0.2) is 71.9 Å². The van der Waals surface area contributed by atoms with Crippen molar-refractivity contribution in [3.63, 3.8) is 0 Å². The van der Waals surface area contributed by atoms with Crippen LogP contribution in [0, 0.1) is 0 Å². The Bertz CT molecular complexity index is 951. The van der Waals surface area contributed by atoms with E-state index >= 15 is 0 Å². The number of fused-ring (bicyclic) bond motifs is 1. The number of carbonyl (C=O) groups excluding carboxylic acids is 1. The largest absolute Gasteiger partial charge is 0.494 e. The van der Waals surface area contributed by atoms with E-state index in [1.54, 1.807) is 6.21 Å². The van der Waals surface area contributed by atoms with Crippen molar-refractivity contribution in [1.29, 1.82) is 0 Å². The number of nitrogens with zero attached hydrogens (tertiary/aromatic N) is 1. The van der Waals surface area contributed by atoms with E-state index in [-0.39, 0.29) is 18.6 Å². The van der Waals surface area contributed by atoms with E-state index < -0.39 is 0 Å². The molecular formula is C23H24N2O3. The molecule has 3 rings (SSSR count). The lowest BCUT2D eigenvalue weighted by atomic mass is 10.0. The molecule has 5 heteroatoms. The highest BCUT2D eigenvalue weighted by Gasteiger charge is 2.10. The average molecular weight is 376 g/mol. The van der Waals surface area contributed by atoms with Gasteiger partial charge < -0.3 is 14.9 Å². The van der Waals surface area contributed by atoms with Gasteiger partial charge in [0.05, 0.1) is 18.9 Å². The van der Waals surface area contributed by atoms with Crippen molar-refractivity contribution >= 4 is 22.9 Å². The molecule has 0 aliphatic rings. The second kappa shape index (κ2) is 9.55. The molecule has 144 valence electrons. The van der Waals surface area contributed by atoms with Gasteiger partial charge in [-0.3, -0.25) is 4.79 Å². The van der Waals surface area contributed by atoms with Gasteiger partial charge in [0.25, 0.3) is 5.91 Å². The van der Waals surface area contributed by atoms with Crippen LogP contribution < -0.4 is 10.1 Å². The standard InChI is InChI=1S/C23H24N2O3/c1-3-27-22-12-8-18(9-13-22)15-24-28-16-23(26)25-17(2)20-11-10-19-6-4-5-7-21(19)14-20/h4-15,17H,3,16H2,1-2H3,(H,25,26)/b24-15-/t17-/m1/s1. The normalized spacial score (nSPS) is 12.1. The first-order chi connectivity index (χ1) is 13.7. The number of hydrogen-bond donors (Lipinski definition) is 1. The van der Waals surface area contributed by atoms with Gasteiger partial charge in [-0.15, -0.1) is 0 Å². The monoisotopic (exact) mass is 376 g/mol. The number of benzene rings is 3. The van der Waals surface area contributed by atoms with Gasteiger partial charge in [0.1, 0.15) is 5.75 Å². The second-order valence-electron chi connectivity index (χ2n) is 6.41. The number of carbonyl (C=O) groups is 1. The smallest absolute Gasteiger partial charge is 0.261 e. The van der Waals surface area contributed by atoms with Crippen molar-refractivity contribution in [1.82, 2.24) is 5.32 Å². The minimum Gasteiger partial charge on any atom is -0.494 e. The predicted octanol–water partition coefficient (Wildman–Crippen LogP) is 4.47. The zero-order valence-electron chi connectivity index (χ0n) is 16.1. The number of amides is 1. The van der Waals surface area contributed by atoms with Gasteiger partial charge in [0.15, 0.2) is 6.61 Å². The van der Waals surface area contributed by atoms with Crippen molar-refractivity contribution < 1.29 is 14.4 Å². The van der Waals surface area contributed by atoms with Crippen molar-refractivity contribution in [2.24, 2.45) is 5.16 Å². The molecule has 0 aliphatic heterocycles. The van der Waals surface area contributed by atoms with Crippen LogP contribution in [0.2, 0.25) is 0 Å². The maximum absolute atomic E-state index is 12.1. The third-order valence-corrected chi connectivity index (χ3v) is 4.31. The molecule has 1 atom stereocenters. The molecule has 5 nitrogen and oxygen atoms in total. The Labute approximate surface area is 165 Å². The summed E-state index contributed by atoms with van der Waals surface area (Å²) in [5.41, 5.74) is 1.92. The Morgan fingerprint density at radius 1 is 1.07 bits per heavy atom. The lowest BCUT2D eigenvalue weighted by Gasteiger charge is -2.14. The number of hydrogen-bond acceptors (Lipinski definition) is 4. The lowest BCUT2D eigenvalue weighted by Crippen LogP contribution is -2.29. The highest BCUT2D eigenvalue weighted by molar-refractivity contribution is 5.83. The maximum Gasteiger partial charge on any atom is 0.261 e.